The molecule has 1 fully saturated rings. The number of urea groups is 1. The van der Waals surface area contributed by atoms with Crippen LogP contribution in [0.5, 0.6) is 11.5 Å². The molecule has 3 aromatic carbocycles. The van der Waals surface area contributed by atoms with Crippen molar-refractivity contribution < 1.29 is 28.7 Å². The molecule has 3 aromatic rings. The van der Waals surface area contributed by atoms with E-state index in [-0.39, 0.29) is 34.4 Å². The molecule has 0 unspecified atom stereocenters. The highest BCUT2D eigenvalue weighted by Crippen LogP contribution is 2.37. The summed E-state index contributed by atoms with van der Waals surface area (Å²) in [5.74, 6) is -1.85. The Morgan fingerprint density at radius 2 is 1.74 bits per heavy atom. The summed E-state index contributed by atoms with van der Waals surface area (Å²) in [5, 5.41) is 5.35. The van der Waals surface area contributed by atoms with E-state index in [9.17, 15) is 19.2 Å². The number of ether oxygens (including phenoxy) is 2. The highest BCUT2D eigenvalue weighted by Gasteiger charge is 2.37. The lowest BCUT2D eigenvalue weighted by molar-refractivity contribution is -0.122. The number of aryl methyl sites for hydroxylation is 2. The van der Waals surface area contributed by atoms with Crippen molar-refractivity contribution in [3.8, 4) is 11.5 Å². The van der Waals surface area contributed by atoms with Gasteiger partial charge in [0.1, 0.15) is 5.57 Å². The van der Waals surface area contributed by atoms with Crippen molar-refractivity contribution in [2.45, 2.75) is 13.8 Å². The monoisotopic (exact) mass is 567 g/mol. The zero-order chi connectivity index (χ0) is 28.3. The number of para-hydroxylation sites is 1. The largest absolute Gasteiger partial charge is 0.493 e. The number of hydrogen-bond donors (Lipinski definition) is 2. The standard InChI is InChI=1S/C28H23Cl2N3O6/c1-15-8-9-18(13-20(15)29)33-27(36)19(26(35)32-28(33)37)10-17-11-21(30)25(23(12-17)38-3)39-14-24(34)31-22-7-5-4-6-16(22)2/h4-13H,14H2,1-3H3,(H,31,34)(H,32,35,37)/b19-10+. The summed E-state index contributed by atoms with van der Waals surface area (Å²) in [6, 6.07) is 14.0. The molecular formula is C28H23Cl2N3O6. The Balaban J connectivity index is 1.57. The Bertz CT molecular complexity index is 1540. The summed E-state index contributed by atoms with van der Waals surface area (Å²) in [4.78, 5) is 51.5. The van der Waals surface area contributed by atoms with Gasteiger partial charge in [-0.25, -0.2) is 9.69 Å². The lowest BCUT2D eigenvalue weighted by Crippen LogP contribution is -2.54. The second-order valence-corrected chi connectivity index (χ2v) is 9.39. The van der Waals surface area contributed by atoms with Crippen LogP contribution in [-0.4, -0.2) is 37.5 Å². The van der Waals surface area contributed by atoms with Crippen LogP contribution in [0.4, 0.5) is 16.2 Å². The van der Waals surface area contributed by atoms with E-state index in [1.165, 1.54) is 31.4 Å². The molecule has 4 rings (SSSR count). The maximum Gasteiger partial charge on any atom is 0.335 e. The lowest BCUT2D eigenvalue weighted by Gasteiger charge is -2.26. The minimum atomic E-state index is -0.898. The topological polar surface area (TPSA) is 114 Å². The van der Waals surface area contributed by atoms with Crippen molar-refractivity contribution in [3.05, 3.63) is 86.9 Å². The summed E-state index contributed by atoms with van der Waals surface area (Å²) in [5.41, 5.74) is 2.52. The maximum atomic E-state index is 13.2. The zero-order valence-electron chi connectivity index (χ0n) is 21.1. The van der Waals surface area contributed by atoms with Gasteiger partial charge in [0.05, 0.1) is 17.8 Å². The molecule has 0 radical (unpaired) electrons. The second kappa shape index (κ2) is 11.6. The van der Waals surface area contributed by atoms with Crippen LogP contribution in [0.25, 0.3) is 6.08 Å². The highest BCUT2D eigenvalue weighted by atomic mass is 35.5. The quantitative estimate of drug-likeness (QED) is 0.295. The zero-order valence-corrected chi connectivity index (χ0v) is 22.6. The van der Waals surface area contributed by atoms with Gasteiger partial charge in [-0.15, -0.1) is 0 Å². The fourth-order valence-corrected chi connectivity index (χ4v) is 4.23. The molecule has 2 N–H and O–H groups in total. The van der Waals surface area contributed by atoms with Crippen molar-refractivity contribution in [1.82, 2.24) is 5.32 Å². The highest BCUT2D eigenvalue weighted by molar-refractivity contribution is 6.39. The van der Waals surface area contributed by atoms with E-state index < -0.39 is 23.8 Å². The normalized spacial score (nSPS) is 14.3. The molecular weight excluding hydrogens is 545 g/mol. The van der Waals surface area contributed by atoms with Crippen LogP contribution in [0, 0.1) is 13.8 Å². The molecule has 0 aromatic heterocycles. The van der Waals surface area contributed by atoms with Crippen LogP contribution in [0.3, 0.4) is 0 Å². The fraction of sp³-hybridized carbons (Fsp3) is 0.143. The number of methoxy groups -OCH3 is 1. The number of hydrogen-bond acceptors (Lipinski definition) is 6. The van der Waals surface area contributed by atoms with Crippen molar-refractivity contribution in [2.24, 2.45) is 0 Å². The van der Waals surface area contributed by atoms with Gasteiger partial charge in [0, 0.05) is 10.7 Å². The first kappa shape index (κ1) is 27.7. The van der Waals surface area contributed by atoms with Gasteiger partial charge in [0.15, 0.2) is 18.1 Å². The molecule has 9 nitrogen and oxygen atoms in total. The van der Waals surface area contributed by atoms with E-state index in [1.54, 1.807) is 31.2 Å². The molecule has 1 aliphatic rings. The maximum absolute atomic E-state index is 13.2. The predicted molar refractivity (Wildman–Crippen MR) is 148 cm³/mol. The van der Waals surface area contributed by atoms with E-state index in [1.807, 2.05) is 19.1 Å². The molecule has 1 heterocycles. The molecule has 11 heteroatoms. The number of benzene rings is 3. The summed E-state index contributed by atoms with van der Waals surface area (Å²) >= 11 is 12.6. The molecule has 0 aliphatic carbocycles. The Hall–Kier alpha value is -4.34. The summed E-state index contributed by atoms with van der Waals surface area (Å²) < 4.78 is 11.0. The van der Waals surface area contributed by atoms with Crippen molar-refractivity contribution in [1.29, 1.82) is 0 Å². The van der Waals surface area contributed by atoms with E-state index in [0.717, 1.165) is 16.0 Å². The van der Waals surface area contributed by atoms with Crippen LogP contribution in [0.1, 0.15) is 16.7 Å². The van der Waals surface area contributed by atoms with Gasteiger partial charge >= 0.3 is 6.03 Å². The Morgan fingerprint density at radius 1 is 1.00 bits per heavy atom. The third-order valence-electron chi connectivity index (χ3n) is 5.84. The lowest BCUT2D eigenvalue weighted by atomic mass is 10.1. The van der Waals surface area contributed by atoms with E-state index in [2.05, 4.69) is 10.6 Å². The van der Waals surface area contributed by atoms with Gasteiger partial charge in [-0.1, -0.05) is 47.5 Å². The smallest absolute Gasteiger partial charge is 0.335 e. The SMILES string of the molecule is COc1cc(/C=C2\C(=O)NC(=O)N(c3ccc(C)c(Cl)c3)C2=O)cc(Cl)c1OCC(=O)Nc1ccccc1C. The third-order valence-corrected chi connectivity index (χ3v) is 6.53. The molecule has 39 heavy (non-hydrogen) atoms. The van der Waals surface area contributed by atoms with E-state index >= 15 is 0 Å². The number of carbonyl (C=O) groups excluding carboxylic acids is 4. The van der Waals surface area contributed by atoms with E-state index in [4.69, 9.17) is 32.7 Å². The van der Waals surface area contributed by atoms with Gasteiger partial charge in [-0.05, 0) is 66.9 Å². The van der Waals surface area contributed by atoms with Crippen LogP contribution in [-0.2, 0) is 14.4 Å². The molecule has 0 saturated carbocycles. The first-order chi connectivity index (χ1) is 18.6. The van der Waals surface area contributed by atoms with Crippen molar-refractivity contribution in [3.63, 3.8) is 0 Å². The van der Waals surface area contributed by atoms with Gasteiger partial charge < -0.3 is 14.8 Å². The number of nitrogens with one attached hydrogen (secondary N) is 2. The van der Waals surface area contributed by atoms with Gasteiger partial charge in [0.25, 0.3) is 17.7 Å². The number of halogens is 2. The number of carbonyl (C=O) groups is 4. The number of rotatable bonds is 7. The Kier molecular flexibility index (Phi) is 8.23. The second-order valence-electron chi connectivity index (χ2n) is 8.58. The minimum absolute atomic E-state index is 0.0757. The Labute approximate surface area is 234 Å². The fourth-order valence-electron chi connectivity index (χ4n) is 3.78. The summed E-state index contributed by atoms with van der Waals surface area (Å²) in [7, 11) is 1.38. The Morgan fingerprint density at radius 3 is 2.44 bits per heavy atom. The van der Waals surface area contributed by atoms with Crippen LogP contribution in [0.15, 0.2) is 60.2 Å². The molecule has 0 bridgehead atoms. The number of nitrogens with zero attached hydrogens (tertiary/aromatic N) is 1. The number of imide groups is 2. The number of amides is 5. The van der Waals surface area contributed by atoms with Gasteiger partial charge in [-0.3, -0.25) is 19.7 Å². The average molecular weight is 568 g/mol. The number of anilines is 2. The first-order valence-electron chi connectivity index (χ1n) is 11.6. The first-order valence-corrected chi connectivity index (χ1v) is 12.4. The molecule has 0 spiro atoms. The van der Waals surface area contributed by atoms with Crippen LogP contribution >= 0.6 is 23.2 Å². The molecule has 0 atom stereocenters. The molecule has 200 valence electrons. The molecule has 1 aliphatic heterocycles. The van der Waals surface area contributed by atoms with Crippen molar-refractivity contribution >= 4 is 64.4 Å². The van der Waals surface area contributed by atoms with Crippen LogP contribution < -0.4 is 25.0 Å². The molecule has 1 saturated heterocycles. The molecule has 5 amide bonds. The predicted octanol–water partition coefficient (Wildman–Crippen LogP) is 5.30. The van der Waals surface area contributed by atoms with Gasteiger partial charge in [0.2, 0.25) is 0 Å². The van der Waals surface area contributed by atoms with Gasteiger partial charge in [-0.2, -0.15) is 0 Å². The third kappa shape index (κ3) is 6.05. The minimum Gasteiger partial charge on any atom is -0.493 e. The van der Waals surface area contributed by atoms with Crippen molar-refractivity contribution in [2.75, 3.05) is 23.9 Å². The van der Waals surface area contributed by atoms with Crippen LogP contribution in [0.2, 0.25) is 10.0 Å². The number of barbiturate groups is 1. The summed E-state index contributed by atoms with van der Waals surface area (Å²) in [6.07, 6.45) is 1.27. The average Bonchev–Trinajstić information content (AvgIpc) is 2.89. The summed E-state index contributed by atoms with van der Waals surface area (Å²) in [6.45, 7) is 3.30. The van der Waals surface area contributed by atoms with E-state index in [0.29, 0.717) is 16.3 Å².